The highest BCUT2D eigenvalue weighted by molar-refractivity contribution is 7.13. The monoisotopic (exact) mass is 457 g/mol. The smallest absolute Gasteiger partial charge is 0.273 e. The topological polar surface area (TPSA) is 59.2 Å². The first-order valence-electron chi connectivity index (χ1n) is 10.0. The molecule has 5 rings (SSSR count). The van der Waals surface area contributed by atoms with E-state index in [0.717, 1.165) is 19.3 Å². The van der Waals surface area contributed by atoms with Crippen LogP contribution in [0.2, 0.25) is 10.0 Å². The van der Waals surface area contributed by atoms with Crippen molar-refractivity contribution < 1.29 is 4.79 Å². The summed E-state index contributed by atoms with van der Waals surface area (Å²) in [6.45, 7) is 1.39. The lowest BCUT2D eigenvalue weighted by molar-refractivity contribution is 0.0537. The van der Waals surface area contributed by atoms with Crippen molar-refractivity contribution in [2.45, 2.75) is 25.3 Å². The van der Waals surface area contributed by atoms with Crippen molar-refractivity contribution in [3.8, 4) is 10.6 Å². The quantitative estimate of drug-likeness (QED) is 0.544. The second kappa shape index (κ2) is 7.65. The van der Waals surface area contributed by atoms with Gasteiger partial charge in [0.05, 0.1) is 10.0 Å². The summed E-state index contributed by atoms with van der Waals surface area (Å²) in [7, 11) is 0. The number of carbonyl (C=O) groups is 1. The molecule has 1 atom stereocenters. The third-order valence-electron chi connectivity index (χ3n) is 6.54. The average Bonchev–Trinajstić information content (AvgIpc) is 3.32. The van der Waals surface area contributed by atoms with Crippen molar-refractivity contribution in [3.05, 3.63) is 74.7 Å². The van der Waals surface area contributed by atoms with Gasteiger partial charge in [-0.25, -0.2) is 4.98 Å². The predicted molar refractivity (Wildman–Crippen MR) is 122 cm³/mol. The molecule has 2 heterocycles. The number of aromatic nitrogens is 1. The molecule has 1 fully saturated rings. The van der Waals surface area contributed by atoms with Crippen LogP contribution in [0.25, 0.3) is 10.6 Å². The van der Waals surface area contributed by atoms with E-state index >= 15 is 0 Å². The molecule has 0 radical (unpaired) electrons. The number of nitrogens with zero attached hydrogens (tertiary/aromatic N) is 2. The number of likely N-dealkylation sites (tertiary alicyclic amines) is 1. The van der Waals surface area contributed by atoms with E-state index < -0.39 is 0 Å². The molecule has 0 unspecified atom stereocenters. The van der Waals surface area contributed by atoms with Crippen molar-refractivity contribution in [3.63, 3.8) is 0 Å². The third-order valence-corrected chi connectivity index (χ3v) is 8.03. The van der Waals surface area contributed by atoms with Crippen LogP contribution < -0.4 is 5.73 Å². The number of nitrogens with two attached hydrogens (primary N) is 1. The van der Waals surface area contributed by atoms with Crippen LogP contribution in [0, 0.1) is 5.41 Å². The first-order valence-corrected chi connectivity index (χ1v) is 11.6. The molecule has 1 amide bonds. The lowest BCUT2D eigenvalue weighted by Gasteiger charge is -2.42. The number of amides is 1. The summed E-state index contributed by atoms with van der Waals surface area (Å²) in [5.74, 6) is -0.0420. The Bertz CT molecular complexity index is 1100. The third kappa shape index (κ3) is 3.25. The molecule has 1 spiro atoms. The number of fused-ring (bicyclic) bond motifs is 1. The number of hydrogen-bond donors (Lipinski definition) is 1. The van der Waals surface area contributed by atoms with E-state index in [1.807, 2.05) is 4.90 Å². The van der Waals surface area contributed by atoms with Gasteiger partial charge in [0.1, 0.15) is 10.7 Å². The van der Waals surface area contributed by atoms with E-state index in [2.05, 4.69) is 29.2 Å². The second-order valence-electron chi connectivity index (χ2n) is 8.14. The Kier molecular flexibility index (Phi) is 5.10. The second-order valence-corrected chi connectivity index (χ2v) is 9.81. The Morgan fingerprint density at radius 2 is 1.80 bits per heavy atom. The van der Waals surface area contributed by atoms with E-state index in [1.165, 1.54) is 22.5 Å². The Hall–Kier alpha value is -1.92. The lowest BCUT2D eigenvalue weighted by atomic mass is 9.73. The first-order chi connectivity index (χ1) is 14.5. The summed E-state index contributed by atoms with van der Waals surface area (Å²) < 4.78 is 0. The molecule has 1 aliphatic heterocycles. The van der Waals surface area contributed by atoms with Gasteiger partial charge in [-0.1, -0.05) is 53.5 Å². The molecule has 0 bridgehead atoms. The highest BCUT2D eigenvalue weighted by Crippen LogP contribution is 2.50. The maximum absolute atomic E-state index is 13.1. The molecule has 0 saturated carbocycles. The number of benzene rings is 2. The zero-order valence-electron chi connectivity index (χ0n) is 16.3. The normalized spacial score (nSPS) is 19.8. The minimum Gasteiger partial charge on any atom is -0.337 e. The molecule has 7 heteroatoms. The largest absolute Gasteiger partial charge is 0.337 e. The molecule has 1 aliphatic carbocycles. The van der Waals surface area contributed by atoms with Crippen molar-refractivity contribution in [1.82, 2.24) is 9.88 Å². The molecular formula is C23H21Cl2N3OS. The van der Waals surface area contributed by atoms with Gasteiger partial charge in [0, 0.05) is 30.1 Å². The Morgan fingerprint density at radius 3 is 2.50 bits per heavy atom. The van der Waals surface area contributed by atoms with Gasteiger partial charge >= 0.3 is 0 Å². The fourth-order valence-electron chi connectivity index (χ4n) is 4.81. The number of rotatable bonds is 2. The fourth-order valence-corrected chi connectivity index (χ4v) is 6.37. The lowest BCUT2D eigenvalue weighted by Crippen LogP contribution is -2.46. The van der Waals surface area contributed by atoms with Gasteiger partial charge < -0.3 is 10.6 Å². The van der Waals surface area contributed by atoms with Gasteiger partial charge in [-0.15, -0.1) is 11.3 Å². The molecule has 4 nitrogen and oxygen atoms in total. The maximum Gasteiger partial charge on any atom is 0.273 e. The average molecular weight is 458 g/mol. The first kappa shape index (κ1) is 20.0. The molecule has 1 aromatic heterocycles. The van der Waals surface area contributed by atoms with Crippen LogP contribution in [-0.4, -0.2) is 28.9 Å². The molecule has 30 heavy (non-hydrogen) atoms. The SMILES string of the molecule is N[C@@H]1c2ccccc2CC12CCN(C(=O)c1csc(-c3c(Cl)cccc3Cl)n1)CC2. The van der Waals surface area contributed by atoms with Crippen LogP contribution in [0.5, 0.6) is 0 Å². The summed E-state index contributed by atoms with van der Waals surface area (Å²) >= 11 is 14.0. The minimum absolute atomic E-state index is 0.0409. The highest BCUT2D eigenvalue weighted by atomic mass is 35.5. The summed E-state index contributed by atoms with van der Waals surface area (Å²) in [5.41, 5.74) is 10.4. The summed E-state index contributed by atoms with van der Waals surface area (Å²) in [5, 5.41) is 3.52. The molecule has 154 valence electrons. The summed E-state index contributed by atoms with van der Waals surface area (Å²) in [6.07, 6.45) is 2.81. The van der Waals surface area contributed by atoms with Crippen LogP contribution >= 0.6 is 34.5 Å². The molecule has 2 aliphatic rings. The van der Waals surface area contributed by atoms with Crippen LogP contribution in [0.15, 0.2) is 47.8 Å². The maximum atomic E-state index is 13.1. The standard InChI is InChI=1S/C23H21Cl2N3OS/c24-16-6-3-7-17(25)19(16)21-27-18(13-30-21)22(29)28-10-8-23(9-11-28)12-14-4-1-2-5-15(14)20(23)26/h1-7,13,20H,8-12,26H2/t20-/m1/s1. The van der Waals surface area contributed by atoms with Gasteiger partial charge in [-0.3, -0.25) is 4.79 Å². The van der Waals surface area contributed by atoms with E-state index in [9.17, 15) is 4.79 Å². The van der Waals surface area contributed by atoms with Gasteiger partial charge in [-0.05, 0) is 47.9 Å². The van der Waals surface area contributed by atoms with Crippen LogP contribution in [0.3, 0.4) is 0 Å². The highest BCUT2D eigenvalue weighted by Gasteiger charge is 2.46. The zero-order valence-corrected chi connectivity index (χ0v) is 18.6. The molecule has 3 aromatic rings. The number of thiazole rings is 1. The van der Waals surface area contributed by atoms with Crippen LogP contribution in [-0.2, 0) is 6.42 Å². The van der Waals surface area contributed by atoms with Gasteiger partial charge in [0.2, 0.25) is 0 Å². The van der Waals surface area contributed by atoms with Gasteiger partial charge in [-0.2, -0.15) is 0 Å². The molecule has 1 saturated heterocycles. The predicted octanol–water partition coefficient (Wildman–Crippen LogP) is 5.60. The van der Waals surface area contributed by atoms with Crippen molar-refractivity contribution in [2.24, 2.45) is 11.1 Å². The van der Waals surface area contributed by atoms with Gasteiger partial charge in [0.25, 0.3) is 5.91 Å². The van der Waals surface area contributed by atoms with E-state index in [0.29, 0.717) is 39.4 Å². The minimum atomic E-state index is -0.0420. The molecular weight excluding hydrogens is 437 g/mol. The van der Waals surface area contributed by atoms with E-state index in [4.69, 9.17) is 28.9 Å². The van der Waals surface area contributed by atoms with Crippen LogP contribution in [0.4, 0.5) is 0 Å². The van der Waals surface area contributed by atoms with Crippen molar-refractivity contribution >= 4 is 40.4 Å². The van der Waals surface area contributed by atoms with Gasteiger partial charge in [0.15, 0.2) is 0 Å². The van der Waals surface area contributed by atoms with E-state index in [1.54, 1.807) is 23.6 Å². The number of carbonyl (C=O) groups excluding carboxylic acids is 1. The molecule has 2 N–H and O–H groups in total. The summed E-state index contributed by atoms with van der Waals surface area (Å²) in [6, 6.07) is 13.8. The Balaban J connectivity index is 1.31. The Labute approximate surface area is 189 Å². The van der Waals surface area contributed by atoms with Crippen molar-refractivity contribution in [2.75, 3.05) is 13.1 Å². The molecule has 2 aromatic carbocycles. The summed E-state index contributed by atoms with van der Waals surface area (Å²) in [4.78, 5) is 19.5. The van der Waals surface area contributed by atoms with Crippen molar-refractivity contribution in [1.29, 1.82) is 0 Å². The Morgan fingerprint density at radius 1 is 1.10 bits per heavy atom. The zero-order chi connectivity index (χ0) is 20.9. The number of halogens is 2. The van der Waals surface area contributed by atoms with Crippen LogP contribution in [0.1, 0.15) is 40.5 Å². The number of piperidine rings is 1. The van der Waals surface area contributed by atoms with E-state index in [-0.39, 0.29) is 17.4 Å². The number of hydrogen-bond acceptors (Lipinski definition) is 4. The fraction of sp³-hybridized carbons (Fsp3) is 0.304.